The van der Waals surface area contributed by atoms with Gasteiger partial charge >= 0.3 is 12.2 Å². The average molecular weight is 525 g/mol. The highest BCUT2D eigenvalue weighted by atomic mass is 16.6. The number of hydrogen-bond acceptors (Lipinski definition) is 7. The van der Waals surface area contributed by atoms with Crippen LogP contribution in [0.25, 0.3) is 0 Å². The lowest BCUT2D eigenvalue weighted by Gasteiger charge is -2.25. The van der Waals surface area contributed by atoms with E-state index in [2.05, 4.69) is 16.1 Å². The molecule has 0 bridgehead atoms. The molecule has 10 heteroatoms. The predicted octanol–water partition coefficient (Wildman–Crippen LogP) is 3.92. The molecule has 0 aromatic heterocycles. The van der Waals surface area contributed by atoms with Crippen molar-refractivity contribution in [3.8, 4) is 0 Å². The zero-order valence-electron chi connectivity index (χ0n) is 22.2. The maximum Gasteiger partial charge on any atom is 0.431 e. The molecule has 3 rings (SSSR count). The summed E-state index contributed by atoms with van der Waals surface area (Å²) in [6.07, 6.45) is -2.05. The van der Waals surface area contributed by atoms with Crippen molar-refractivity contribution in [2.75, 3.05) is 5.01 Å². The number of carbonyl (C=O) groups excluding carboxylic acids is 4. The summed E-state index contributed by atoms with van der Waals surface area (Å²) in [4.78, 5) is 51.5. The number of para-hydroxylation sites is 1. The van der Waals surface area contributed by atoms with Crippen molar-refractivity contribution < 1.29 is 28.7 Å². The number of benzene rings is 2. The molecule has 1 heterocycles. The molecular weight excluding hydrogens is 488 g/mol. The molecule has 204 valence electrons. The van der Waals surface area contributed by atoms with Crippen molar-refractivity contribution in [1.82, 2.24) is 16.1 Å². The van der Waals surface area contributed by atoms with Gasteiger partial charge in [0.1, 0.15) is 12.6 Å². The highest BCUT2D eigenvalue weighted by molar-refractivity contribution is 5.98. The van der Waals surface area contributed by atoms with Crippen LogP contribution in [0.5, 0.6) is 0 Å². The number of amides is 3. The summed E-state index contributed by atoms with van der Waals surface area (Å²) in [5.41, 5.74) is 4.12. The molecule has 2 aromatic rings. The fourth-order valence-corrected chi connectivity index (χ4v) is 4.01. The van der Waals surface area contributed by atoms with Crippen LogP contribution < -0.4 is 21.1 Å². The van der Waals surface area contributed by atoms with Crippen LogP contribution in [0.2, 0.25) is 0 Å². The van der Waals surface area contributed by atoms with Gasteiger partial charge < -0.3 is 20.1 Å². The van der Waals surface area contributed by atoms with Gasteiger partial charge in [-0.15, -0.1) is 0 Å². The third-order valence-corrected chi connectivity index (χ3v) is 5.82. The van der Waals surface area contributed by atoms with E-state index in [1.165, 1.54) is 0 Å². The number of anilines is 1. The van der Waals surface area contributed by atoms with Crippen molar-refractivity contribution in [2.45, 2.75) is 65.5 Å². The lowest BCUT2D eigenvalue weighted by Crippen LogP contribution is -2.55. The summed E-state index contributed by atoms with van der Waals surface area (Å²) in [6, 6.07) is 16.1. The Morgan fingerprint density at radius 1 is 0.895 bits per heavy atom. The summed E-state index contributed by atoms with van der Waals surface area (Å²) in [7, 11) is 0. The molecule has 1 aliphatic rings. The number of rotatable bonds is 12. The first-order chi connectivity index (χ1) is 18.1. The van der Waals surface area contributed by atoms with Gasteiger partial charge in [0.15, 0.2) is 0 Å². The van der Waals surface area contributed by atoms with Gasteiger partial charge in [-0.2, -0.15) is 5.43 Å². The molecule has 3 amide bonds. The molecule has 10 nitrogen and oxygen atoms in total. The first-order valence-electron chi connectivity index (χ1n) is 12.8. The topological polar surface area (TPSA) is 126 Å². The van der Waals surface area contributed by atoms with Gasteiger partial charge in [-0.1, -0.05) is 76.2 Å². The normalized spacial score (nSPS) is 16.6. The number of nitrogens with one attached hydrogen (secondary N) is 3. The lowest BCUT2D eigenvalue weighted by molar-refractivity contribution is -0.134. The smallest absolute Gasteiger partial charge is 0.431 e. The number of alkyl carbamates (subject to hydrolysis) is 1. The second-order valence-electron chi connectivity index (χ2n) is 10.0. The fraction of sp³-hybridized carbons (Fsp3) is 0.429. The van der Waals surface area contributed by atoms with E-state index in [1.54, 1.807) is 30.3 Å². The van der Waals surface area contributed by atoms with Gasteiger partial charge in [-0.3, -0.25) is 9.59 Å². The van der Waals surface area contributed by atoms with Crippen LogP contribution in [0.1, 0.15) is 46.1 Å². The Balaban J connectivity index is 1.66. The molecule has 1 fully saturated rings. The highest BCUT2D eigenvalue weighted by Crippen LogP contribution is 2.20. The van der Waals surface area contributed by atoms with Crippen molar-refractivity contribution in [3.05, 3.63) is 66.2 Å². The van der Waals surface area contributed by atoms with E-state index in [0.717, 1.165) is 10.6 Å². The molecule has 2 aromatic carbocycles. The maximum absolute atomic E-state index is 13.4. The van der Waals surface area contributed by atoms with Gasteiger partial charge in [0.05, 0.1) is 11.7 Å². The van der Waals surface area contributed by atoms with E-state index >= 15 is 0 Å². The summed E-state index contributed by atoms with van der Waals surface area (Å²) < 4.78 is 10.6. The quantitative estimate of drug-likeness (QED) is 0.384. The van der Waals surface area contributed by atoms with Gasteiger partial charge in [0.2, 0.25) is 17.9 Å². The minimum absolute atomic E-state index is 0.0546. The molecular formula is C28H36N4O6. The summed E-state index contributed by atoms with van der Waals surface area (Å²) in [5, 5.41) is 6.55. The maximum atomic E-state index is 13.4. The Morgan fingerprint density at radius 3 is 2.08 bits per heavy atom. The number of cyclic esters (lactones) is 1. The molecule has 3 atom stereocenters. The number of Topliss-reactive ketones (excluding diaryl/α,β-unsaturated/α-hetero) is 1. The van der Waals surface area contributed by atoms with Gasteiger partial charge in [0.25, 0.3) is 0 Å². The van der Waals surface area contributed by atoms with Crippen LogP contribution in [-0.4, -0.2) is 42.2 Å². The third kappa shape index (κ3) is 8.31. The number of nitrogens with zero attached hydrogens (tertiary/aromatic N) is 1. The predicted molar refractivity (Wildman–Crippen MR) is 142 cm³/mol. The van der Waals surface area contributed by atoms with E-state index in [-0.39, 0.29) is 18.4 Å². The van der Waals surface area contributed by atoms with Crippen LogP contribution in [0.4, 0.5) is 15.3 Å². The molecule has 0 spiro atoms. The highest BCUT2D eigenvalue weighted by Gasteiger charge is 2.40. The van der Waals surface area contributed by atoms with Crippen molar-refractivity contribution in [1.29, 1.82) is 0 Å². The van der Waals surface area contributed by atoms with E-state index in [4.69, 9.17) is 9.47 Å². The standard InChI is InChI=1S/C28H36N4O6/c1-18(2)15-22(24(33)26-31-32(28(36)38-26)21-13-9-6-10-14-21)29-25(34)23(16-19(3)4)30-27(35)37-17-20-11-7-5-8-12-20/h5-14,18-19,22-23,26,31H,15-17H2,1-4H3,(H,29,34)(H,30,35)/t22-,23-,26?/m0/s1. The summed E-state index contributed by atoms with van der Waals surface area (Å²) >= 11 is 0. The van der Waals surface area contributed by atoms with Crippen molar-refractivity contribution >= 4 is 29.6 Å². The summed E-state index contributed by atoms with van der Waals surface area (Å²) in [6.45, 7) is 7.75. The molecule has 0 saturated carbocycles. The van der Waals surface area contributed by atoms with E-state index in [0.29, 0.717) is 18.5 Å². The second-order valence-corrected chi connectivity index (χ2v) is 10.0. The number of hydrogen-bond donors (Lipinski definition) is 3. The van der Waals surface area contributed by atoms with Gasteiger partial charge in [0, 0.05) is 0 Å². The number of ether oxygens (including phenoxy) is 2. The molecule has 0 aliphatic carbocycles. The van der Waals surface area contributed by atoms with Crippen LogP contribution in [0.3, 0.4) is 0 Å². The first kappa shape index (κ1) is 28.6. The van der Waals surface area contributed by atoms with Crippen LogP contribution in [0.15, 0.2) is 60.7 Å². The number of carbonyl (C=O) groups is 4. The number of ketones is 1. The van der Waals surface area contributed by atoms with Crippen molar-refractivity contribution in [3.63, 3.8) is 0 Å². The minimum atomic E-state index is -1.26. The zero-order valence-corrected chi connectivity index (χ0v) is 22.2. The van der Waals surface area contributed by atoms with Crippen LogP contribution in [0, 0.1) is 11.8 Å². The van der Waals surface area contributed by atoms with Crippen LogP contribution in [-0.2, 0) is 25.7 Å². The Hall–Kier alpha value is -3.92. The Labute approximate surface area is 223 Å². The summed E-state index contributed by atoms with van der Waals surface area (Å²) in [5.74, 6) is -0.873. The van der Waals surface area contributed by atoms with E-state index in [9.17, 15) is 19.2 Å². The molecule has 1 aliphatic heterocycles. The van der Waals surface area contributed by atoms with E-state index < -0.39 is 42.2 Å². The van der Waals surface area contributed by atoms with Crippen molar-refractivity contribution in [2.24, 2.45) is 11.8 Å². The largest absolute Gasteiger partial charge is 0.445 e. The lowest BCUT2D eigenvalue weighted by atomic mass is 9.97. The molecule has 38 heavy (non-hydrogen) atoms. The van der Waals surface area contributed by atoms with Crippen LogP contribution >= 0.6 is 0 Å². The monoisotopic (exact) mass is 524 g/mol. The number of hydrazine groups is 1. The molecule has 3 N–H and O–H groups in total. The van der Waals surface area contributed by atoms with E-state index in [1.807, 2.05) is 58.0 Å². The second kappa shape index (κ2) is 13.6. The molecule has 1 saturated heterocycles. The van der Waals surface area contributed by atoms with Gasteiger partial charge in [-0.05, 0) is 42.4 Å². The zero-order chi connectivity index (χ0) is 27.7. The fourth-order valence-electron chi connectivity index (χ4n) is 4.01. The average Bonchev–Trinajstić information content (AvgIpc) is 3.28. The van der Waals surface area contributed by atoms with Gasteiger partial charge in [-0.25, -0.2) is 14.6 Å². The first-order valence-corrected chi connectivity index (χ1v) is 12.8. The Kier molecular flexibility index (Phi) is 10.2. The molecule has 1 unspecified atom stereocenters. The SMILES string of the molecule is CC(C)C[C@H](NC(=O)OCc1ccccc1)C(=O)N[C@@H](CC(C)C)C(=O)C1NN(c2ccccc2)C(=O)O1. The Morgan fingerprint density at radius 2 is 1.47 bits per heavy atom. The Bertz CT molecular complexity index is 1090. The minimum Gasteiger partial charge on any atom is -0.445 e. The third-order valence-electron chi connectivity index (χ3n) is 5.82. The molecule has 0 radical (unpaired) electrons.